The van der Waals surface area contributed by atoms with Gasteiger partial charge in [0.2, 0.25) is 10.0 Å². The molecule has 8 heteroatoms. The fourth-order valence-electron chi connectivity index (χ4n) is 3.17. The zero-order valence-corrected chi connectivity index (χ0v) is 15.9. The Morgan fingerprint density at radius 3 is 2.35 bits per heavy atom. The Balaban J connectivity index is 1.34. The lowest BCUT2D eigenvalue weighted by Crippen LogP contribution is -2.44. The predicted molar refractivity (Wildman–Crippen MR) is 99.5 cm³/mol. The largest absolute Gasteiger partial charge is 0.497 e. The highest BCUT2D eigenvalue weighted by atomic mass is 32.2. The first-order valence-corrected chi connectivity index (χ1v) is 10.6. The van der Waals surface area contributed by atoms with E-state index in [0.29, 0.717) is 32.1 Å². The van der Waals surface area contributed by atoms with Gasteiger partial charge in [-0.15, -0.1) is 0 Å². The number of hydrogen-bond donors (Lipinski definition) is 2. The average Bonchev–Trinajstić information content (AvgIpc) is 3.51. The van der Waals surface area contributed by atoms with Crippen molar-refractivity contribution in [3.8, 4) is 5.75 Å². The van der Waals surface area contributed by atoms with Crippen molar-refractivity contribution in [1.29, 1.82) is 0 Å². The predicted octanol–water partition coefficient (Wildman–Crippen LogP) is 1.70. The van der Waals surface area contributed by atoms with Crippen LogP contribution < -0.4 is 15.4 Å². The summed E-state index contributed by atoms with van der Waals surface area (Å²) in [5, 5.41) is 5.59. The zero-order valence-electron chi connectivity index (χ0n) is 15.1. The minimum absolute atomic E-state index is 0.138. The number of ether oxygens (including phenoxy) is 1. The number of piperidine rings is 1. The Morgan fingerprint density at radius 2 is 1.77 bits per heavy atom. The van der Waals surface area contributed by atoms with Gasteiger partial charge in [-0.05, 0) is 49.3 Å². The van der Waals surface area contributed by atoms with Crippen LogP contribution in [0.3, 0.4) is 0 Å². The third kappa shape index (κ3) is 4.88. The van der Waals surface area contributed by atoms with Gasteiger partial charge in [-0.1, -0.05) is 12.1 Å². The van der Waals surface area contributed by atoms with Gasteiger partial charge in [-0.25, -0.2) is 17.5 Å². The summed E-state index contributed by atoms with van der Waals surface area (Å²) in [7, 11) is -1.45. The number of nitrogens with zero attached hydrogens (tertiary/aromatic N) is 1. The quantitative estimate of drug-likeness (QED) is 0.752. The number of benzene rings is 1. The average molecular weight is 381 g/mol. The molecule has 0 unspecified atom stereocenters. The summed E-state index contributed by atoms with van der Waals surface area (Å²) in [5.74, 6) is 1.11. The van der Waals surface area contributed by atoms with Crippen molar-refractivity contribution < 1.29 is 17.9 Å². The van der Waals surface area contributed by atoms with Gasteiger partial charge in [0, 0.05) is 26.2 Å². The molecule has 2 N–H and O–H groups in total. The van der Waals surface area contributed by atoms with E-state index in [4.69, 9.17) is 4.74 Å². The van der Waals surface area contributed by atoms with Crippen LogP contribution in [-0.4, -0.2) is 50.7 Å². The SMILES string of the molecule is COc1ccc(CNC(=O)NCC2CCN(S(=O)(=O)C3CC3)CC2)cc1. The van der Waals surface area contributed by atoms with Gasteiger partial charge in [0.1, 0.15) is 5.75 Å². The first-order valence-electron chi connectivity index (χ1n) is 9.12. The molecule has 3 rings (SSSR count). The molecule has 7 nitrogen and oxygen atoms in total. The lowest BCUT2D eigenvalue weighted by atomic mass is 9.98. The van der Waals surface area contributed by atoms with Crippen molar-refractivity contribution in [2.75, 3.05) is 26.7 Å². The highest BCUT2D eigenvalue weighted by molar-refractivity contribution is 7.90. The van der Waals surface area contributed by atoms with Crippen molar-refractivity contribution in [2.24, 2.45) is 5.92 Å². The minimum atomic E-state index is -3.06. The molecule has 0 atom stereocenters. The Bertz CT molecular complexity index is 708. The Kier molecular flexibility index (Phi) is 6.03. The van der Waals surface area contributed by atoms with Crippen LogP contribution in [0, 0.1) is 5.92 Å². The summed E-state index contributed by atoms with van der Waals surface area (Å²) >= 11 is 0. The maximum Gasteiger partial charge on any atom is 0.315 e. The Labute approximate surface area is 155 Å². The molecule has 0 spiro atoms. The Morgan fingerprint density at radius 1 is 1.12 bits per heavy atom. The number of rotatable bonds is 7. The van der Waals surface area contributed by atoms with Crippen LogP contribution in [0.1, 0.15) is 31.2 Å². The van der Waals surface area contributed by atoms with Crippen molar-refractivity contribution in [3.05, 3.63) is 29.8 Å². The minimum Gasteiger partial charge on any atom is -0.497 e. The number of carbonyl (C=O) groups is 1. The van der Waals surface area contributed by atoms with Crippen LogP contribution in [0.5, 0.6) is 5.75 Å². The zero-order chi connectivity index (χ0) is 18.6. The summed E-state index contributed by atoms with van der Waals surface area (Å²) in [4.78, 5) is 12.0. The maximum absolute atomic E-state index is 12.2. The van der Waals surface area contributed by atoms with E-state index in [1.54, 1.807) is 11.4 Å². The van der Waals surface area contributed by atoms with Crippen molar-refractivity contribution in [3.63, 3.8) is 0 Å². The molecule has 0 bridgehead atoms. The van der Waals surface area contributed by atoms with Crippen LogP contribution >= 0.6 is 0 Å². The topological polar surface area (TPSA) is 87.7 Å². The van der Waals surface area contributed by atoms with Gasteiger partial charge >= 0.3 is 6.03 Å². The monoisotopic (exact) mass is 381 g/mol. The van der Waals surface area contributed by atoms with Gasteiger partial charge in [-0.2, -0.15) is 0 Å². The standard InChI is InChI=1S/C18H27N3O4S/c1-25-16-4-2-14(3-5-16)12-19-18(22)20-13-15-8-10-21(11-9-15)26(23,24)17-6-7-17/h2-5,15,17H,6-13H2,1H3,(H2,19,20,22). The van der Waals surface area contributed by atoms with Gasteiger partial charge < -0.3 is 15.4 Å². The van der Waals surface area contributed by atoms with Crippen LogP contribution in [0.4, 0.5) is 4.79 Å². The number of amides is 2. The highest BCUT2D eigenvalue weighted by Crippen LogP contribution is 2.33. The first kappa shape index (κ1) is 19.0. The molecule has 1 aromatic carbocycles. The van der Waals surface area contributed by atoms with E-state index in [1.165, 1.54) is 0 Å². The molecule has 1 heterocycles. The highest BCUT2D eigenvalue weighted by Gasteiger charge is 2.41. The van der Waals surface area contributed by atoms with E-state index in [-0.39, 0.29) is 11.3 Å². The van der Waals surface area contributed by atoms with Gasteiger partial charge in [-0.3, -0.25) is 0 Å². The normalized spacial score (nSPS) is 19.1. The van der Waals surface area contributed by atoms with E-state index >= 15 is 0 Å². The molecule has 2 amide bonds. The van der Waals surface area contributed by atoms with Crippen LogP contribution in [0.25, 0.3) is 0 Å². The molecule has 2 aliphatic rings. The van der Waals surface area contributed by atoms with Gasteiger partial charge in [0.15, 0.2) is 0 Å². The number of nitrogens with one attached hydrogen (secondary N) is 2. The molecule has 0 radical (unpaired) electrons. The van der Waals surface area contributed by atoms with Crippen LogP contribution in [-0.2, 0) is 16.6 Å². The van der Waals surface area contributed by atoms with Crippen molar-refractivity contribution in [2.45, 2.75) is 37.5 Å². The molecule has 1 aliphatic heterocycles. The first-order chi connectivity index (χ1) is 12.5. The fourth-order valence-corrected chi connectivity index (χ4v) is 5.04. The Hall–Kier alpha value is -1.80. The maximum atomic E-state index is 12.2. The number of carbonyl (C=O) groups excluding carboxylic acids is 1. The molecule has 26 heavy (non-hydrogen) atoms. The smallest absolute Gasteiger partial charge is 0.315 e. The number of methoxy groups -OCH3 is 1. The summed E-state index contributed by atoms with van der Waals surface area (Å²) in [5.41, 5.74) is 1.000. The van der Waals surface area contributed by atoms with E-state index in [2.05, 4.69) is 10.6 Å². The second-order valence-electron chi connectivity index (χ2n) is 7.00. The third-order valence-corrected chi connectivity index (χ3v) is 7.44. The number of urea groups is 1. The molecule has 1 saturated carbocycles. The molecular formula is C18H27N3O4S. The third-order valence-electron chi connectivity index (χ3n) is 5.04. The molecule has 2 fully saturated rings. The van der Waals surface area contributed by atoms with E-state index < -0.39 is 10.0 Å². The molecular weight excluding hydrogens is 354 g/mol. The van der Waals surface area contributed by atoms with Gasteiger partial charge in [0.05, 0.1) is 12.4 Å². The molecule has 144 valence electrons. The lowest BCUT2D eigenvalue weighted by molar-refractivity contribution is 0.230. The number of hydrogen-bond acceptors (Lipinski definition) is 4. The lowest BCUT2D eigenvalue weighted by Gasteiger charge is -2.31. The summed E-state index contributed by atoms with van der Waals surface area (Å²) in [6.45, 7) is 2.16. The summed E-state index contributed by atoms with van der Waals surface area (Å²) in [6, 6.07) is 7.34. The van der Waals surface area contributed by atoms with Gasteiger partial charge in [0.25, 0.3) is 0 Å². The van der Waals surface area contributed by atoms with Crippen molar-refractivity contribution in [1.82, 2.24) is 14.9 Å². The molecule has 0 aromatic heterocycles. The molecule has 1 saturated heterocycles. The van der Waals surface area contributed by atoms with Crippen molar-refractivity contribution >= 4 is 16.1 Å². The molecule has 1 aliphatic carbocycles. The second-order valence-corrected chi connectivity index (χ2v) is 9.21. The van der Waals surface area contributed by atoms with E-state index in [9.17, 15) is 13.2 Å². The summed E-state index contributed by atoms with van der Waals surface area (Å²) < 4.78 is 31.2. The van der Waals surface area contributed by atoms with Crippen LogP contribution in [0.15, 0.2) is 24.3 Å². The second kappa shape index (κ2) is 8.26. The number of sulfonamides is 1. The van der Waals surface area contributed by atoms with E-state index in [1.807, 2.05) is 24.3 Å². The van der Waals surface area contributed by atoms with Crippen LogP contribution in [0.2, 0.25) is 0 Å². The fraction of sp³-hybridized carbons (Fsp3) is 0.611. The summed E-state index contributed by atoms with van der Waals surface area (Å²) in [6.07, 6.45) is 3.20. The van der Waals surface area contributed by atoms with E-state index in [0.717, 1.165) is 37.0 Å². The molecule has 1 aromatic rings.